The van der Waals surface area contributed by atoms with Crippen molar-refractivity contribution < 1.29 is 0 Å². The highest BCUT2D eigenvalue weighted by atomic mass is 28.3. The molecular weight excluding hydrogens is 1540 g/mol. The van der Waals surface area contributed by atoms with Gasteiger partial charge in [0.15, 0.2) is 5.82 Å². The summed E-state index contributed by atoms with van der Waals surface area (Å²) in [5.41, 5.74) is 38.6. The normalized spacial score (nSPS) is 13.2. The minimum atomic E-state index is -2.28. The number of nitrogens with zero attached hydrogens (tertiary/aromatic N) is 3. The topological polar surface area (TPSA) is 38.7 Å². The standard InChI is InChI=1S/C61H45NSi.C59H42N2Si/c1-63(2)60-31-10-9-28-56(60)57-30-15-29-55(61(57)63)52-26-13-24-50(38-52)49-23-11-21-47(36-49)44-32-34-45(35-33-44)58-40-54(51-25-12-20-46(37-51)42-16-5-3-6-17-42)41-59(62-58)53-27-14-22-48(39-53)43-18-7-4-8-19-43;1-62(51-27-9-4-10-28-51)57-32-12-11-29-53(57)54-31-16-30-52(58(54)62)49-25-14-24-48(38-49)47-23-13-21-45(37-47)42-33-35-44(36-34-42)59-60-55(43-19-7-3-8-20-43)40-56(61-59)50-26-15-22-46(39-50)41-17-5-2-6-18-41/h3-41H,1-2H3;2-40H,1H3. The number of pyridine rings is 1. The van der Waals surface area contributed by atoms with Crippen LogP contribution in [-0.4, -0.2) is 31.1 Å². The molecule has 22 rings (SSSR count). The Balaban J connectivity index is 0.000000153. The first-order valence-electron chi connectivity index (χ1n) is 43.2. The second-order valence-corrected chi connectivity index (χ2v) is 41.6. The molecule has 2 aliphatic heterocycles. The minimum absolute atomic E-state index is 0.700. The summed E-state index contributed by atoms with van der Waals surface area (Å²) in [6, 6.07) is 172. The molecule has 3 nitrogen and oxygen atoms in total. The molecule has 2 aliphatic rings. The molecule has 4 heterocycles. The Morgan fingerprint density at radius 1 is 0.152 bits per heavy atom. The van der Waals surface area contributed by atoms with Gasteiger partial charge in [0.05, 0.1) is 22.8 Å². The maximum atomic E-state index is 5.35. The van der Waals surface area contributed by atoms with Gasteiger partial charge in [-0.25, -0.2) is 15.0 Å². The van der Waals surface area contributed by atoms with Crippen molar-refractivity contribution in [3.05, 3.63) is 473 Å². The summed E-state index contributed by atoms with van der Waals surface area (Å²) in [5.74, 6) is 0.700. The molecule has 18 aromatic carbocycles. The zero-order valence-electron chi connectivity index (χ0n) is 69.9. The van der Waals surface area contributed by atoms with Crippen LogP contribution in [0.2, 0.25) is 19.6 Å². The summed E-state index contributed by atoms with van der Waals surface area (Å²) in [6.07, 6.45) is 0. The maximum Gasteiger partial charge on any atom is 0.160 e. The van der Waals surface area contributed by atoms with Crippen LogP contribution in [0.5, 0.6) is 0 Å². The van der Waals surface area contributed by atoms with Gasteiger partial charge in [0.25, 0.3) is 0 Å². The number of benzene rings is 18. The van der Waals surface area contributed by atoms with E-state index in [2.05, 4.69) is 487 Å². The van der Waals surface area contributed by atoms with E-state index in [-0.39, 0.29) is 0 Å². The van der Waals surface area contributed by atoms with Crippen LogP contribution in [0.25, 0.3) is 190 Å². The first kappa shape index (κ1) is 77.0. The van der Waals surface area contributed by atoms with Gasteiger partial charge in [-0.3, -0.25) is 0 Å². The van der Waals surface area contributed by atoms with Gasteiger partial charge < -0.3 is 0 Å². The van der Waals surface area contributed by atoms with Gasteiger partial charge in [0, 0.05) is 27.8 Å². The van der Waals surface area contributed by atoms with Crippen LogP contribution in [0, 0.1) is 0 Å². The molecule has 0 aliphatic carbocycles. The number of hydrogen-bond acceptors (Lipinski definition) is 3. The van der Waals surface area contributed by atoms with Crippen LogP contribution < -0.4 is 25.9 Å². The Morgan fingerprint density at radius 3 is 0.864 bits per heavy atom. The lowest BCUT2D eigenvalue weighted by Gasteiger charge is -2.28. The third-order valence-electron chi connectivity index (χ3n) is 25.4. The molecule has 2 aromatic heterocycles. The van der Waals surface area contributed by atoms with E-state index in [1.807, 2.05) is 6.07 Å². The molecule has 5 heteroatoms. The lowest BCUT2D eigenvalue weighted by atomic mass is 9.94. The molecule has 0 fully saturated rings. The van der Waals surface area contributed by atoms with E-state index in [0.717, 1.165) is 78.4 Å². The molecule has 20 aromatic rings. The molecule has 0 radical (unpaired) electrons. The van der Waals surface area contributed by atoms with Crippen LogP contribution >= 0.6 is 0 Å². The summed E-state index contributed by atoms with van der Waals surface area (Å²) >= 11 is 0. The molecule has 0 bridgehead atoms. The lowest BCUT2D eigenvalue weighted by Crippen LogP contribution is -2.62. The van der Waals surface area contributed by atoms with Crippen molar-refractivity contribution in [1.82, 2.24) is 15.0 Å². The molecule has 0 N–H and O–H groups in total. The van der Waals surface area contributed by atoms with Gasteiger partial charge in [0.2, 0.25) is 0 Å². The Hall–Kier alpha value is -15.4. The number of fused-ring (bicyclic) bond motifs is 6. The Bertz CT molecular complexity index is 7310. The number of aromatic nitrogens is 3. The fourth-order valence-electron chi connectivity index (χ4n) is 19.1. The van der Waals surface area contributed by atoms with E-state index in [9.17, 15) is 0 Å². The first-order valence-corrected chi connectivity index (χ1v) is 48.7. The van der Waals surface area contributed by atoms with Crippen LogP contribution in [0.3, 0.4) is 0 Å². The molecule has 0 saturated heterocycles. The van der Waals surface area contributed by atoms with E-state index in [0.29, 0.717) is 5.82 Å². The van der Waals surface area contributed by atoms with Gasteiger partial charge in [-0.05, 0) is 220 Å². The molecule has 0 spiro atoms. The van der Waals surface area contributed by atoms with Crippen molar-refractivity contribution in [3.8, 4) is 190 Å². The second kappa shape index (κ2) is 33.2. The highest BCUT2D eigenvalue weighted by Gasteiger charge is 2.45. The summed E-state index contributed by atoms with van der Waals surface area (Å²) in [7, 11) is -4.14. The van der Waals surface area contributed by atoms with E-state index >= 15 is 0 Å². The van der Waals surface area contributed by atoms with Crippen LogP contribution in [0.15, 0.2) is 473 Å². The Morgan fingerprint density at radius 2 is 0.408 bits per heavy atom. The van der Waals surface area contributed by atoms with Crippen molar-refractivity contribution in [2.75, 3.05) is 0 Å². The molecule has 1 unspecified atom stereocenters. The largest absolute Gasteiger partial charge is 0.248 e. The third kappa shape index (κ3) is 15.0. The lowest BCUT2D eigenvalue weighted by molar-refractivity contribution is 1.18. The average Bonchev–Trinajstić information content (AvgIpc) is 1.55. The van der Waals surface area contributed by atoms with E-state index in [1.165, 1.54) is 126 Å². The minimum Gasteiger partial charge on any atom is -0.248 e. The smallest absolute Gasteiger partial charge is 0.160 e. The molecule has 590 valence electrons. The van der Waals surface area contributed by atoms with Gasteiger partial charge in [-0.1, -0.05) is 432 Å². The molecule has 1 atom stereocenters. The van der Waals surface area contributed by atoms with Crippen molar-refractivity contribution in [2.24, 2.45) is 0 Å². The SMILES string of the molecule is C[Si]1(C)c2ccccc2-c2cccc(-c3cccc(-c4cccc(-c5ccc(-c6cc(-c7cccc(-c8ccccc8)c7)cc(-c7cccc(-c8ccccc8)c7)n6)cc5)c4)c3)c21.C[Si]1(c2ccccc2)c2ccccc2-c2cccc(-c3cccc(-c4cccc(-c5ccc(-c6nc(-c7ccccc7)cc(-c7cccc(-c8ccccc8)c7)n6)cc5)c4)c3)c21. The van der Waals surface area contributed by atoms with Crippen molar-refractivity contribution >= 4 is 42.1 Å². The van der Waals surface area contributed by atoms with E-state index in [1.54, 1.807) is 5.19 Å². The van der Waals surface area contributed by atoms with Crippen molar-refractivity contribution in [1.29, 1.82) is 0 Å². The van der Waals surface area contributed by atoms with Gasteiger partial charge in [0.1, 0.15) is 16.1 Å². The van der Waals surface area contributed by atoms with Gasteiger partial charge >= 0.3 is 0 Å². The van der Waals surface area contributed by atoms with E-state index < -0.39 is 16.1 Å². The predicted octanol–water partition coefficient (Wildman–Crippen LogP) is 28.4. The van der Waals surface area contributed by atoms with Gasteiger partial charge in [-0.2, -0.15) is 0 Å². The van der Waals surface area contributed by atoms with Crippen molar-refractivity contribution in [2.45, 2.75) is 19.6 Å². The number of rotatable bonds is 16. The van der Waals surface area contributed by atoms with E-state index in [4.69, 9.17) is 15.0 Å². The molecule has 0 amide bonds. The summed E-state index contributed by atoms with van der Waals surface area (Å²) in [4.78, 5) is 15.6. The molecular formula is C120H87N3Si2. The highest BCUT2D eigenvalue weighted by Crippen LogP contribution is 2.42. The monoisotopic (exact) mass is 1630 g/mol. The van der Waals surface area contributed by atoms with Crippen LogP contribution in [-0.2, 0) is 0 Å². The molecule has 125 heavy (non-hydrogen) atoms. The fourth-order valence-corrected chi connectivity index (χ4v) is 27.0. The Labute approximate surface area is 734 Å². The predicted molar refractivity (Wildman–Crippen MR) is 532 cm³/mol. The summed E-state index contributed by atoms with van der Waals surface area (Å²) in [5, 5.41) is 7.52. The van der Waals surface area contributed by atoms with Crippen LogP contribution in [0.1, 0.15) is 0 Å². The summed E-state index contributed by atoms with van der Waals surface area (Å²) < 4.78 is 0. The van der Waals surface area contributed by atoms with Crippen molar-refractivity contribution in [3.63, 3.8) is 0 Å². The highest BCUT2D eigenvalue weighted by molar-refractivity contribution is 7.14. The zero-order chi connectivity index (χ0) is 83.8. The number of hydrogen-bond donors (Lipinski definition) is 0. The maximum absolute atomic E-state index is 5.35. The summed E-state index contributed by atoms with van der Waals surface area (Å²) in [6.45, 7) is 7.54. The average molecular weight is 1630 g/mol. The quantitative estimate of drug-likeness (QED) is 0.0905. The van der Waals surface area contributed by atoms with Gasteiger partial charge in [-0.15, -0.1) is 0 Å². The fraction of sp³-hybridized carbons (Fsp3) is 0.0250. The van der Waals surface area contributed by atoms with Crippen LogP contribution in [0.4, 0.5) is 0 Å². The second-order valence-electron chi connectivity index (χ2n) is 33.4. The first-order chi connectivity index (χ1) is 61.6. The third-order valence-corrected chi connectivity index (χ3v) is 33.5. The molecule has 0 saturated carbocycles. The Kier molecular flexibility index (Phi) is 20.5. The zero-order valence-corrected chi connectivity index (χ0v) is 71.9.